The second-order valence-electron chi connectivity index (χ2n) is 8.05. The van der Waals surface area contributed by atoms with Crippen LogP contribution in [0.3, 0.4) is 0 Å². The molecule has 1 heterocycles. The molecule has 6 heteroatoms. The lowest BCUT2D eigenvalue weighted by molar-refractivity contribution is -0.137. The maximum atomic E-state index is 13.0. The van der Waals surface area contributed by atoms with E-state index in [1.54, 1.807) is 30.5 Å². The van der Waals surface area contributed by atoms with Crippen molar-refractivity contribution in [2.45, 2.75) is 38.8 Å². The van der Waals surface area contributed by atoms with Gasteiger partial charge in [-0.1, -0.05) is 68.8 Å². The van der Waals surface area contributed by atoms with Gasteiger partial charge in [0.05, 0.1) is 16.6 Å². The molecule has 3 nitrogen and oxygen atoms in total. The van der Waals surface area contributed by atoms with Gasteiger partial charge in [0.1, 0.15) is 0 Å². The SMILES string of the molecule is CCC.O=C(O)c1ccc(CC(c2ccccc2)c2cnc3cc(C(F)(F)F)ccc3c2)cc1. The monoisotopic (exact) mass is 465 g/mol. The Kier molecular flexibility index (Phi) is 8.05. The maximum absolute atomic E-state index is 13.0. The maximum Gasteiger partial charge on any atom is 0.416 e. The van der Waals surface area contributed by atoms with Crippen molar-refractivity contribution in [1.82, 2.24) is 4.98 Å². The Balaban J connectivity index is 0.00000103. The van der Waals surface area contributed by atoms with Gasteiger partial charge in [-0.05, 0) is 53.4 Å². The number of carboxylic acid groups (broad SMARTS) is 1. The molecule has 34 heavy (non-hydrogen) atoms. The van der Waals surface area contributed by atoms with Crippen molar-refractivity contribution >= 4 is 16.9 Å². The summed E-state index contributed by atoms with van der Waals surface area (Å²) in [5.41, 5.74) is 2.65. The van der Waals surface area contributed by atoms with Gasteiger partial charge < -0.3 is 5.11 Å². The fourth-order valence-corrected chi connectivity index (χ4v) is 3.64. The van der Waals surface area contributed by atoms with E-state index in [2.05, 4.69) is 18.8 Å². The highest BCUT2D eigenvalue weighted by atomic mass is 19.4. The number of hydrogen-bond donors (Lipinski definition) is 1. The molecule has 3 aromatic carbocycles. The number of halogens is 3. The number of fused-ring (bicyclic) bond motifs is 1. The summed E-state index contributed by atoms with van der Waals surface area (Å²) in [6.45, 7) is 4.25. The Labute approximate surface area is 196 Å². The minimum Gasteiger partial charge on any atom is -0.478 e. The second-order valence-corrected chi connectivity index (χ2v) is 8.05. The zero-order valence-corrected chi connectivity index (χ0v) is 19.0. The molecule has 0 spiro atoms. The number of nitrogens with zero attached hydrogens (tertiary/aromatic N) is 1. The average molecular weight is 466 g/mol. The fraction of sp³-hybridized carbons (Fsp3) is 0.214. The van der Waals surface area contributed by atoms with Crippen molar-refractivity contribution in [2.24, 2.45) is 0 Å². The molecule has 176 valence electrons. The number of alkyl halides is 3. The van der Waals surface area contributed by atoms with E-state index in [-0.39, 0.29) is 17.0 Å². The van der Waals surface area contributed by atoms with E-state index in [0.717, 1.165) is 28.8 Å². The van der Waals surface area contributed by atoms with E-state index in [4.69, 9.17) is 5.11 Å². The topological polar surface area (TPSA) is 50.2 Å². The molecular weight excluding hydrogens is 439 g/mol. The fourth-order valence-electron chi connectivity index (χ4n) is 3.64. The van der Waals surface area contributed by atoms with E-state index < -0.39 is 17.7 Å². The lowest BCUT2D eigenvalue weighted by Gasteiger charge is -2.19. The zero-order chi connectivity index (χ0) is 24.7. The highest BCUT2D eigenvalue weighted by Crippen LogP contribution is 2.33. The van der Waals surface area contributed by atoms with Gasteiger partial charge in [0.2, 0.25) is 0 Å². The molecule has 0 bridgehead atoms. The van der Waals surface area contributed by atoms with E-state index in [1.165, 1.54) is 12.5 Å². The van der Waals surface area contributed by atoms with Crippen LogP contribution in [0.4, 0.5) is 13.2 Å². The quantitative estimate of drug-likeness (QED) is 0.328. The van der Waals surface area contributed by atoms with Crippen molar-refractivity contribution in [3.63, 3.8) is 0 Å². The molecule has 4 rings (SSSR count). The number of aromatic nitrogens is 1. The summed E-state index contributed by atoms with van der Waals surface area (Å²) in [7, 11) is 0. The van der Waals surface area contributed by atoms with E-state index in [1.807, 2.05) is 36.4 Å². The molecule has 1 atom stereocenters. The van der Waals surface area contributed by atoms with Gasteiger partial charge in [-0.2, -0.15) is 13.2 Å². The average Bonchev–Trinajstić information content (AvgIpc) is 2.82. The summed E-state index contributed by atoms with van der Waals surface area (Å²) in [6.07, 6.45) is -0.952. The number of aromatic carboxylic acids is 1. The van der Waals surface area contributed by atoms with Gasteiger partial charge in [-0.25, -0.2) is 4.79 Å². The molecule has 0 aliphatic rings. The van der Waals surface area contributed by atoms with E-state index in [0.29, 0.717) is 11.8 Å². The smallest absolute Gasteiger partial charge is 0.416 e. The van der Waals surface area contributed by atoms with Crippen LogP contribution in [-0.2, 0) is 12.6 Å². The first kappa shape index (κ1) is 25.0. The highest BCUT2D eigenvalue weighted by molar-refractivity contribution is 5.87. The molecule has 0 fully saturated rings. The van der Waals surface area contributed by atoms with Crippen LogP contribution >= 0.6 is 0 Å². The lowest BCUT2D eigenvalue weighted by atomic mass is 9.86. The molecule has 1 N–H and O–H groups in total. The minimum absolute atomic E-state index is 0.0870. The van der Waals surface area contributed by atoms with Crippen LogP contribution in [-0.4, -0.2) is 16.1 Å². The third kappa shape index (κ3) is 6.22. The molecule has 0 saturated carbocycles. The first-order chi connectivity index (χ1) is 16.2. The van der Waals surface area contributed by atoms with Gasteiger partial charge in [0, 0.05) is 17.5 Å². The summed E-state index contributed by atoms with van der Waals surface area (Å²) in [5, 5.41) is 9.74. The summed E-state index contributed by atoms with van der Waals surface area (Å²) >= 11 is 0. The number of carboxylic acids is 1. The predicted molar refractivity (Wildman–Crippen MR) is 128 cm³/mol. The van der Waals surface area contributed by atoms with Gasteiger partial charge in [-0.15, -0.1) is 0 Å². The van der Waals surface area contributed by atoms with Crippen LogP contribution in [0.1, 0.15) is 58.8 Å². The molecule has 0 aliphatic heterocycles. The van der Waals surface area contributed by atoms with Crippen molar-refractivity contribution in [2.75, 3.05) is 0 Å². The van der Waals surface area contributed by atoms with Crippen molar-refractivity contribution in [3.8, 4) is 0 Å². The first-order valence-corrected chi connectivity index (χ1v) is 11.1. The van der Waals surface area contributed by atoms with Crippen molar-refractivity contribution in [1.29, 1.82) is 0 Å². The molecule has 0 saturated heterocycles. The first-order valence-electron chi connectivity index (χ1n) is 11.1. The summed E-state index contributed by atoms with van der Waals surface area (Å²) in [4.78, 5) is 15.4. The minimum atomic E-state index is -4.41. The summed E-state index contributed by atoms with van der Waals surface area (Å²) < 4.78 is 39.0. The van der Waals surface area contributed by atoms with Crippen molar-refractivity contribution < 1.29 is 23.1 Å². The number of rotatable bonds is 5. The molecule has 4 aromatic rings. The molecule has 1 aromatic heterocycles. The second kappa shape index (κ2) is 11.0. The highest BCUT2D eigenvalue weighted by Gasteiger charge is 2.30. The van der Waals surface area contributed by atoms with Crippen LogP contribution in [0.2, 0.25) is 0 Å². The Hall–Kier alpha value is -3.67. The summed E-state index contributed by atoms with van der Waals surface area (Å²) in [6, 6.07) is 21.9. The number of benzene rings is 3. The Morgan fingerprint density at radius 3 is 2.15 bits per heavy atom. The van der Waals surface area contributed by atoms with Crippen molar-refractivity contribution in [3.05, 3.63) is 113 Å². The largest absolute Gasteiger partial charge is 0.478 e. The number of carbonyl (C=O) groups is 1. The summed E-state index contributed by atoms with van der Waals surface area (Å²) in [5.74, 6) is -1.07. The Bertz CT molecular complexity index is 1240. The van der Waals surface area contributed by atoms with Crippen LogP contribution in [0.15, 0.2) is 85.1 Å². The van der Waals surface area contributed by atoms with Crippen LogP contribution in [0.25, 0.3) is 10.9 Å². The number of pyridine rings is 1. The van der Waals surface area contributed by atoms with Crippen LogP contribution in [0.5, 0.6) is 0 Å². The van der Waals surface area contributed by atoms with Gasteiger partial charge in [0.25, 0.3) is 0 Å². The third-order valence-electron chi connectivity index (χ3n) is 5.28. The third-order valence-corrected chi connectivity index (χ3v) is 5.28. The van der Waals surface area contributed by atoms with E-state index in [9.17, 15) is 18.0 Å². The normalized spacial score (nSPS) is 12.0. The molecular formula is C28H26F3NO2. The van der Waals surface area contributed by atoms with E-state index >= 15 is 0 Å². The Morgan fingerprint density at radius 2 is 1.56 bits per heavy atom. The zero-order valence-electron chi connectivity index (χ0n) is 19.0. The molecule has 0 radical (unpaired) electrons. The van der Waals surface area contributed by atoms with Gasteiger partial charge >= 0.3 is 12.1 Å². The van der Waals surface area contributed by atoms with Gasteiger partial charge in [-0.3, -0.25) is 4.98 Å². The van der Waals surface area contributed by atoms with Crippen LogP contribution < -0.4 is 0 Å². The molecule has 0 amide bonds. The molecule has 1 unspecified atom stereocenters. The predicted octanol–water partition coefficient (Wildman–Crippen LogP) is 7.74. The lowest BCUT2D eigenvalue weighted by Crippen LogP contribution is -2.07. The molecule has 0 aliphatic carbocycles. The van der Waals surface area contributed by atoms with Gasteiger partial charge in [0.15, 0.2) is 0 Å². The standard InChI is InChI=1S/C25H18F3NO2.C3H8/c26-25(27,28)21-11-10-19-13-20(15-29-23(19)14-21)22(17-4-2-1-3-5-17)12-16-6-8-18(9-7-16)24(30)31;1-3-2/h1-11,13-15,22H,12H2,(H,30,31);3H2,1-2H3. The Morgan fingerprint density at radius 1 is 0.912 bits per heavy atom. The number of hydrogen-bond acceptors (Lipinski definition) is 2. The van der Waals surface area contributed by atoms with Crippen LogP contribution in [0, 0.1) is 0 Å².